The van der Waals surface area contributed by atoms with Crippen LogP contribution in [0.3, 0.4) is 0 Å². The van der Waals surface area contributed by atoms with Gasteiger partial charge in [-0.1, -0.05) is 13.8 Å². The molecule has 3 aromatic heterocycles. The fraction of sp³-hybridized carbons (Fsp3) is 0.591. The van der Waals surface area contributed by atoms with E-state index in [1.54, 1.807) is 13.8 Å². The SMILES string of the molecule is CCS(CC)=P([O-])([O-])[O-].CC[n+]1ccn(C)c1.CC[n+]1ccn(C)c1.CC[n+]1ccn(C)c1. The van der Waals surface area contributed by atoms with Gasteiger partial charge in [-0.3, -0.25) is 0 Å². The lowest BCUT2D eigenvalue weighted by molar-refractivity contribution is -0.693. The molecule has 0 amide bonds. The quantitative estimate of drug-likeness (QED) is 0.344. The third-order valence-corrected chi connectivity index (χ3v) is 9.96. The van der Waals surface area contributed by atoms with Crippen LogP contribution < -0.4 is 28.4 Å². The van der Waals surface area contributed by atoms with Crippen molar-refractivity contribution in [2.75, 3.05) is 11.5 Å². The normalized spacial score (nSPS) is 10.5. The maximum atomic E-state index is 10.3. The van der Waals surface area contributed by atoms with Crippen LogP contribution >= 0.6 is 6.72 Å². The predicted octanol–water partition coefficient (Wildman–Crippen LogP) is -0.599. The van der Waals surface area contributed by atoms with Crippen LogP contribution in [0.4, 0.5) is 0 Å². The topological polar surface area (TPSA) is 95.6 Å². The van der Waals surface area contributed by atoms with Crippen LogP contribution in [0.5, 0.6) is 0 Å². The zero-order valence-electron chi connectivity index (χ0n) is 21.5. The molecule has 0 saturated carbocycles. The smallest absolute Gasteiger partial charge is 0.243 e. The highest BCUT2D eigenvalue weighted by atomic mass is 32.5. The molecular formula is C22H43N6O3PS. The number of hydrogen-bond donors (Lipinski definition) is 0. The summed E-state index contributed by atoms with van der Waals surface area (Å²) in [6, 6.07) is 0. The van der Waals surface area contributed by atoms with Crippen molar-refractivity contribution in [1.82, 2.24) is 13.7 Å². The highest BCUT2D eigenvalue weighted by Gasteiger charge is 1.93. The second kappa shape index (κ2) is 16.8. The number of hydrogen-bond acceptors (Lipinski definition) is 3. The number of aromatic nitrogens is 6. The van der Waals surface area contributed by atoms with E-state index >= 15 is 0 Å². The Morgan fingerprint density at radius 1 is 0.606 bits per heavy atom. The zero-order chi connectivity index (χ0) is 25.4. The Labute approximate surface area is 202 Å². The van der Waals surface area contributed by atoms with Crippen LogP contribution in [0.1, 0.15) is 34.6 Å². The number of aryl methyl sites for hydroxylation is 6. The Bertz CT molecular complexity index is 851. The van der Waals surface area contributed by atoms with E-state index in [4.69, 9.17) is 0 Å². The summed E-state index contributed by atoms with van der Waals surface area (Å²) in [6.45, 7) is 8.73. The molecule has 3 aromatic rings. The van der Waals surface area contributed by atoms with Crippen molar-refractivity contribution in [2.45, 2.75) is 54.3 Å². The zero-order valence-corrected chi connectivity index (χ0v) is 23.2. The number of imidazole rings is 3. The molecule has 0 bridgehead atoms. The minimum Gasteiger partial charge on any atom is -0.848 e. The Balaban J connectivity index is 0.000000414. The van der Waals surface area contributed by atoms with Gasteiger partial charge in [0.15, 0.2) is 0 Å². The Morgan fingerprint density at radius 3 is 0.939 bits per heavy atom. The molecule has 0 saturated heterocycles. The molecule has 0 unspecified atom stereocenters. The van der Waals surface area contributed by atoms with E-state index in [9.17, 15) is 14.7 Å². The molecule has 9 nitrogen and oxygen atoms in total. The van der Waals surface area contributed by atoms with Gasteiger partial charge in [-0.2, -0.15) is 0 Å². The molecule has 0 aliphatic rings. The van der Waals surface area contributed by atoms with E-state index in [1.165, 1.54) is 0 Å². The van der Waals surface area contributed by atoms with Crippen molar-refractivity contribution < 1.29 is 28.4 Å². The van der Waals surface area contributed by atoms with Crippen molar-refractivity contribution in [3.63, 3.8) is 0 Å². The first-order valence-corrected chi connectivity index (χ1v) is 14.9. The highest BCUT2D eigenvalue weighted by molar-refractivity contribution is 8.26. The fourth-order valence-electron chi connectivity index (χ4n) is 2.59. The molecule has 3 heterocycles. The van der Waals surface area contributed by atoms with Gasteiger partial charge in [0.05, 0.1) is 40.8 Å². The van der Waals surface area contributed by atoms with Crippen LogP contribution in [0, 0.1) is 0 Å². The van der Waals surface area contributed by atoms with Gasteiger partial charge in [-0.05, 0) is 32.3 Å². The number of nitrogens with zero attached hydrogens (tertiary/aromatic N) is 6. The summed E-state index contributed by atoms with van der Waals surface area (Å²) in [5.41, 5.74) is 0. The van der Waals surface area contributed by atoms with Crippen molar-refractivity contribution in [3.8, 4) is 0 Å². The lowest BCUT2D eigenvalue weighted by Crippen LogP contribution is -2.30. The first-order chi connectivity index (χ1) is 15.5. The molecule has 0 radical (unpaired) electrons. The maximum Gasteiger partial charge on any atom is 0.243 e. The van der Waals surface area contributed by atoms with Crippen LogP contribution in [0.25, 0.3) is 0 Å². The summed E-state index contributed by atoms with van der Waals surface area (Å²) < 4.78 is 12.5. The van der Waals surface area contributed by atoms with Gasteiger partial charge >= 0.3 is 0 Å². The molecule has 33 heavy (non-hydrogen) atoms. The second-order valence-electron chi connectivity index (χ2n) is 7.22. The second-order valence-corrected chi connectivity index (χ2v) is 13.1. The van der Waals surface area contributed by atoms with Crippen molar-refractivity contribution in [2.24, 2.45) is 21.1 Å². The first-order valence-electron chi connectivity index (χ1n) is 11.2. The fourth-order valence-corrected chi connectivity index (χ4v) is 5.52. The molecule has 0 fully saturated rings. The minimum atomic E-state index is -4.25. The molecular weight excluding hydrogens is 459 g/mol. The molecule has 11 heteroatoms. The van der Waals surface area contributed by atoms with E-state index in [-0.39, 0.29) is 0 Å². The Morgan fingerprint density at radius 2 is 0.879 bits per heavy atom. The van der Waals surface area contributed by atoms with Gasteiger partial charge in [0, 0.05) is 0 Å². The van der Waals surface area contributed by atoms with Crippen molar-refractivity contribution in [1.29, 1.82) is 0 Å². The first kappa shape index (κ1) is 31.3. The predicted molar refractivity (Wildman–Crippen MR) is 129 cm³/mol. The average Bonchev–Trinajstić information content (AvgIpc) is 3.50. The summed E-state index contributed by atoms with van der Waals surface area (Å²) in [5, 5.41) is 0. The summed E-state index contributed by atoms with van der Waals surface area (Å²) in [5.74, 6) is 0.918. The van der Waals surface area contributed by atoms with E-state index in [2.05, 4.69) is 72.0 Å². The summed E-state index contributed by atoms with van der Waals surface area (Å²) in [7, 11) is 5.15. The van der Waals surface area contributed by atoms with Crippen LogP contribution in [-0.2, 0) is 50.9 Å². The van der Waals surface area contributed by atoms with Crippen molar-refractivity contribution in [3.05, 3.63) is 56.2 Å². The summed E-state index contributed by atoms with van der Waals surface area (Å²) in [4.78, 5) is 30.8. The molecule has 0 N–H and O–H groups in total. The van der Waals surface area contributed by atoms with Gasteiger partial charge < -0.3 is 21.4 Å². The summed E-state index contributed by atoms with van der Waals surface area (Å²) in [6.07, 6.45) is 18.4. The molecule has 0 aromatic carbocycles. The highest BCUT2D eigenvalue weighted by Crippen LogP contribution is 2.19. The van der Waals surface area contributed by atoms with E-state index in [0.29, 0.717) is 11.5 Å². The van der Waals surface area contributed by atoms with Gasteiger partial charge in [0.2, 0.25) is 19.0 Å². The lowest BCUT2D eigenvalue weighted by atomic mass is 10.7. The Hall–Kier alpha value is -1.71. The lowest BCUT2D eigenvalue weighted by Gasteiger charge is -2.52. The third-order valence-electron chi connectivity index (χ3n) is 4.55. The van der Waals surface area contributed by atoms with Crippen LogP contribution in [0.2, 0.25) is 0 Å². The van der Waals surface area contributed by atoms with Crippen LogP contribution in [-0.4, -0.2) is 25.2 Å². The molecule has 0 aliphatic heterocycles. The van der Waals surface area contributed by atoms with Gasteiger partial charge in [0.1, 0.15) is 37.2 Å². The molecule has 0 spiro atoms. The van der Waals surface area contributed by atoms with Gasteiger partial charge in [-0.15, -0.1) is 0 Å². The molecule has 190 valence electrons. The van der Waals surface area contributed by atoms with E-state index in [1.807, 2.05) is 53.4 Å². The van der Waals surface area contributed by atoms with Crippen molar-refractivity contribution >= 4 is 16.8 Å². The number of rotatable bonds is 5. The van der Waals surface area contributed by atoms with Gasteiger partial charge in [-0.25, -0.2) is 37.5 Å². The largest absolute Gasteiger partial charge is 0.848 e. The van der Waals surface area contributed by atoms with E-state index in [0.717, 1.165) is 19.6 Å². The van der Waals surface area contributed by atoms with Gasteiger partial charge in [0.25, 0.3) is 0 Å². The average molecular weight is 503 g/mol. The summed E-state index contributed by atoms with van der Waals surface area (Å²) >= 11 is 0. The minimum absolute atomic E-state index is 0.459. The monoisotopic (exact) mass is 502 g/mol. The molecule has 0 aliphatic carbocycles. The van der Waals surface area contributed by atoms with Crippen LogP contribution in [0.15, 0.2) is 56.2 Å². The maximum absolute atomic E-state index is 10.3. The Kier molecular flexibility index (Phi) is 16.0. The third kappa shape index (κ3) is 14.2. The molecule has 3 rings (SSSR count). The van der Waals surface area contributed by atoms with E-state index < -0.39 is 16.8 Å². The molecule has 0 atom stereocenters. The standard InChI is InChI=1S/3C6H11N2.C4H10O3PS/c3*1-3-8-5-4-7(2)6-8;1-3-9(4-2)8(5,6)7/h3*4-6H,3H2,1-2H3;3-4H2,1-2H3/q3*+1;-3.